The van der Waals surface area contributed by atoms with Gasteiger partial charge in [0.05, 0.1) is 36.5 Å². The van der Waals surface area contributed by atoms with Crippen molar-refractivity contribution in [3.8, 4) is 17.2 Å². The Hall–Kier alpha value is -3.97. The van der Waals surface area contributed by atoms with Crippen LogP contribution < -0.4 is 19.1 Å². The Morgan fingerprint density at radius 3 is 2.41 bits per heavy atom. The molecule has 1 N–H and O–H groups in total. The van der Waals surface area contributed by atoms with Gasteiger partial charge in [-0.1, -0.05) is 23.7 Å². The first-order valence-electron chi connectivity index (χ1n) is 11.9. The number of hydrogen-bond donors (Lipinski definition) is 1. The number of methoxy groups -OCH3 is 1. The molecule has 3 aromatic rings. The zero-order valence-corrected chi connectivity index (χ0v) is 21.8. The van der Waals surface area contributed by atoms with Crippen molar-refractivity contribution in [1.29, 1.82) is 0 Å². The molecule has 0 aliphatic carbocycles. The van der Waals surface area contributed by atoms with E-state index in [1.807, 2.05) is 20.8 Å². The summed E-state index contributed by atoms with van der Waals surface area (Å²) in [6.45, 7) is 6.00. The van der Waals surface area contributed by atoms with Crippen LogP contribution in [-0.2, 0) is 9.59 Å². The minimum absolute atomic E-state index is 0.0488. The van der Waals surface area contributed by atoms with E-state index in [2.05, 4.69) is 0 Å². The predicted molar refractivity (Wildman–Crippen MR) is 143 cm³/mol. The number of aliphatic hydroxyl groups is 1. The third-order valence-electron chi connectivity index (χ3n) is 5.85. The number of Topliss-reactive ketones (excluding diaryl/α,β-unsaturated/α-hetero) is 1. The number of halogens is 1. The molecule has 192 valence electrons. The molecule has 0 spiro atoms. The number of benzene rings is 3. The van der Waals surface area contributed by atoms with E-state index in [9.17, 15) is 14.7 Å². The Morgan fingerprint density at radius 1 is 1.03 bits per heavy atom. The predicted octanol–water partition coefficient (Wildman–Crippen LogP) is 6.16. The summed E-state index contributed by atoms with van der Waals surface area (Å²) in [5.74, 6) is -0.340. The second-order valence-electron chi connectivity index (χ2n) is 8.68. The van der Waals surface area contributed by atoms with Gasteiger partial charge in [-0.2, -0.15) is 0 Å². The summed E-state index contributed by atoms with van der Waals surface area (Å²) in [4.78, 5) is 28.2. The maximum absolute atomic E-state index is 13.4. The molecule has 1 aliphatic heterocycles. The molecule has 1 atom stereocenters. The van der Waals surface area contributed by atoms with Crippen molar-refractivity contribution in [2.24, 2.45) is 0 Å². The molecule has 0 bridgehead atoms. The van der Waals surface area contributed by atoms with Crippen molar-refractivity contribution in [2.75, 3.05) is 18.6 Å². The van der Waals surface area contributed by atoms with Gasteiger partial charge < -0.3 is 19.3 Å². The number of rotatable bonds is 8. The topological polar surface area (TPSA) is 85.3 Å². The highest BCUT2D eigenvalue weighted by atomic mass is 35.5. The first-order valence-corrected chi connectivity index (χ1v) is 12.3. The molecule has 1 amide bonds. The second kappa shape index (κ2) is 11.0. The fourth-order valence-electron chi connectivity index (χ4n) is 4.26. The van der Waals surface area contributed by atoms with E-state index in [0.717, 1.165) is 0 Å². The molecule has 1 saturated heterocycles. The number of ketones is 1. The Kier molecular flexibility index (Phi) is 7.74. The zero-order valence-electron chi connectivity index (χ0n) is 21.0. The third kappa shape index (κ3) is 5.27. The molecule has 1 aliphatic rings. The van der Waals surface area contributed by atoms with Crippen LogP contribution in [0, 0.1) is 0 Å². The highest BCUT2D eigenvalue weighted by Gasteiger charge is 2.47. The van der Waals surface area contributed by atoms with Gasteiger partial charge in [0, 0.05) is 11.3 Å². The zero-order chi connectivity index (χ0) is 26.7. The van der Waals surface area contributed by atoms with Gasteiger partial charge in [-0.05, 0) is 80.9 Å². The SMILES string of the molecule is CCOc1cc(/C(O)=C2/C(=O)C(=O)N(c3ccc(OC)cc3)C2c2cccc(OC(C)C)c2)ccc1Cl. The quantitative estimate of drug-likeness (QED) is 0.217. The first-order chi connectivity index (χ1) is 17.7. The van der Waals surface area contributed by atoms with Gasteiger partial charge in [0.25, 0.3) is 11.7 Å². The maximum atomic E-state index is 13.4. The summed E-state index contributed by atoms with van der Waals surface area (Å²) >= 11 is 6.23. The average Bonchev–Trinajstić information content (AvgIpc) is 3.15. The normalized spacial score (nSPS) is 16.8. The van der Waals surface area contributed by atoms with Gasteiger partial charge in [-0.3, -0.25) is 14.5 Å². The molecule has 1 unspecified atom stereocenters. The fraction of sp³-hybridized carbons (Fsp3) is 0.241. The summed E-state index contributed by atoms with van der Waals surface area (Å²) in [5.41, 5.74) is 1.34. The standard InChI is InChI=1S/C29H28ClNO6/c1-5-36-24-16-19(9-14-23(24)30)27(32)25-26(18-7-6-8-22(15-18)37-17(2)3)31(29(34)28(25)33)20-10-12-21(35-4)13-11-20/h6-17,26,32H,5H2,1-4H3/b27-25-. The molecule has 7 nitrogen and oxygen atoms in total. The highest BCUT2D eigenvalue weighted by Crippen LogP contribution is 2.43. The number of hydrogen-bond acceptors (Lipinski definition) is 6. The molecule has 37 heavy (non-hydrogen) atoms. The van der Waals surface area contributed by atoms with Gasteiger partial charge in [-0.25, -0.2) is 0 Å². The van der Waals surface area contributed by atoms with E-state index in [0.29, 0.717) is 45.7 Å². The van der Waals surface area contributed by atoms with Crippen LogP contribution in [0.5, 0.6) is 17.2 Å². The van der Waals surface area contributed by atoms with Crippen molar-refractivity contribution in [1.82, 2.24) is 0 Å². The molecular weight excluding hydrogens is 494 g/mol. The summed E-state index contributed by atoms with van der Waals surface area (Å²) in [6.07, 6.45) is -0.0748. The van der Waals surface area contributed by atoms with Crippen molar-refractivity contribution >= 4 is 34.7 Å². The maximum Gasteiger partial charge on any atom is 0.300 e. The lowest BCUT2D eigenvalue weighted by atomic mass is 9.95. The number of amides is 1. The van der Waals surface area contributed by atoms with E-state index < -0.39 is 17.7 Å². The summed E-state index contributed by atoms with van der Waals surface area (Å²) in [7, 11) is 1.55. The summed E-state index contributed by atoms with van der Waals surface area (Å²) in [5, 5.41) is 11.8. The van der Waals surface area contributed by atoms with Crippen LogP contribution in [0.4, 0.5) is 5.69 Å². The van der Waals surface area contributed by atoms with E-state index in [1.54, 1.807) is 73.8 Å². The summed E-state index contributed by atoms with van der Waals surface area (Å²) in [6, 6.07) is 17.8. The molecule has 1 heterocycles. The highest BCUT2D eigenvalue weighted by molar-refractivity contribution is 6.51. The Bertz CT molecular complexity index is 1350. The number of nitrogens with zero attached hydrogens (tertiary/aromatic N) is 1. The molecule has 0 aromatic heterocycles. The van der Waals surface area contributed by atoms with Crippen LogP contribution in [0.1, 0.15) is 37.9 Å². The van der Waals surface area contributed by atoms with Crippen molar-refractivity contribution in [3.05, 3.63) is 88.5 Å². The first kappa shape index (κ1) is 26.1. The third-order valence-corrected chi connectivity index (χ3v) is 6.16. The molecule has 0 radical (unpaired) electrons. The van der Waals surface area contributed by atoms with Gasteiger partial charge in [0.2, 0.25) is 0 Å². The van der Waals surface area contributed by atoms with Crippen LogP contribution in [0.3, 0.4) is 0 Å². The molecule has 3 aromatic carbocycles. The largest absolute Gasteiger partial charge is 0.507 e. The molecular formula is C29H28ClNO6. The van der Waals surface area contributed by atoms with Crippen molar-refractivity contribution in [3.63, 3.8) is 0 Å². The molecule has 4 rings (SSSR count). The van der Waals surface area contributed by atoms with Crippen LogP contribution >= 0.6 is 11.6 Å². The van der Waals surface area contributed by atoms with Crippen LogP contribution in [0.2, 0.25) is 5.02 Å². The summed E-state index contributed by atoms with van der Waals surface area (Å²) < 4.78 is 16.7. The molecule has 1 fully saturated rings. The van der Waals surface area contributed by atoms with E-state index in [4.69, 9.17) is 25.8 Å². The van der Waals surface area contributed by atoms with Gasteiger partial charge in [0.15, 0.2) is 0 Å². The minimum atomic E-state index is -0.907. The second-order valence-corrected chi connectivity index (χ2v) is 9.09. The van der Waals surface area contributed by atoms with Gasteiger partial charge in [-0.15, -0.1) is 0 Å². The van der Waals surface area contributed by atoms with Gasteiger partial charge >= 0.3 is 0 Å². The number of carbonyl (C=O) groups excluding carboxylic acids is 2. The van der Waals surface area contributed by atoms with Crippen LogP contribution in [0.15, 0.2) is 72.3 Å². The molecule has 0 saturated carbocycles. The lowest BCUT2D eigenvalue weighted by Gasteiger charge is -2.26. The van der Waals surface area contributed by atoms with Crippen LogP contribution in [0.25, 0.3) is 5.76 Å². The van der Waals surface area contributed by atoms with Crippen molar-refractivity contribution in [2.45, 2.75) is 32.9 Å². The number of carbonyl (C=O) groups is 2. The molecule has 8 heteroatoms. The monoisotopic (exact) mass is 521 g/mol. The Labute approximate surface area is 220 Å². The fourth-order valence-corrected chi connectivity index (χ4v) is 4.43. The Morgan fingerprint density at radius 2 is 1.76 bits per heavy atom. The van der Waals surface area contributed by atoms with Crippen molar-refractivity contribution < 1.29 is 28.9 Å². The van der Waals surface area contributed by atoms with E-state index in [1.165, 1.54) is 4.90 Å². The average molecular weight is 522 g/mol. The van der Waals surface area contributed by atoms with Crippen LogP contribution in [-0.4, -0.2) is 36.6 Å². The van der Waals surface area contributed by atoms with E-state index in [-0.39, 0.29) is 17.4 Å². The smallest absolute Gasteiger partial charge is 0.300 e. The van der Waals surface area contributed by atoms with E-state index >= 15 is 0 Å². The number of aliphatic hydroxyl groups excluding tert-OH is 1. The number of ether oxygens (including phenoxy) is 3. The Balaban J connectivity index is 1.92. The lowest BCUT2D eigenvalue weighted by molar-refractivity contribution is -0.132. The lowest BCUT2D eigenvalue weighted by Crippen LogP contribution is -2.29. The number of anilines is 1. The van der Waals surface area contributed by atoms with Gasteiger partial charge in [0.1, 0.15) is 23.0 Å². The minimum Gasteiger partial charge on any atom is -0.507 e.